The molecule has 2 N–H and O–H groups in total. The zero-order valence-electron chi connectivity index (χ0n) is 13.4. The van der Waals surface area contributed by atoms with Crippen LogP contribution in [-0.4, -0.2) is 17.3 Å². The molecule has 0 aromatic heterocycles. The Balaban J connectivity index is 1.63. The quantitative estimate of drug-likeness (QED) is 0.886. The van der Waals surface area contributed by atoms with Crippen LogP contribution in [0.4, 0.5) is 0 Å². The lowest BCUT2D eigenvalue weighted by Crippen LogP contribution is -2.51. The van der Waals surface area contributed by atoms with Gasteiger partial charge in [0.1, 0.15) is 0 Å². The number of aryl methyl sites for hydroxylation is 1. The third-order valence-electron chi connectivity index (χ3n) is 5.68. The fourth-order valence-electron chi connectivity index (χ4n) is 4.52. The monoisotopic (exact) mass is 287 g/mol. The summed E-state index contributed by atoms with van der Waals surface area (Å²) >= 11 is 0. The average Bonchev–Trinajstić information content (AvgIpc) is 2.46. The van der Waals surface area contributed by atoms with Crippen molar-refractivity contribution in [3.63, 3.8) is 0 Å². The number of hydrogen-bond donors (Lipinski definition) is 2. The molecule has 2 atom stereocenters. The molecule has 0 amide bonds. The van der Waals surface area contributed by atoms with Gasteiger partial charge in [-0.1, -0.05) is 43.2 Å². The minimum atomic E-state index is -0.0600. The third-order valence-corrected chi connectivity index (χ3v) is 5.68. The Morgan fingerprint density at radius 2 is 1.67 bits per heavy atom. The van der Waals surface area contributed by atoms with Crippen LogP contribution in [0.3, 0.4) is 0 Å². The highest BCUT2D eigenvalue weighted by Crippen LogP contribution is 2.44. The van der Waals surface area contributed by atoms with Crippen molar-refractivity contribution >= 4 is 0 Å². The van der Waals surface area contributed by atoms with E-state index in [1.54, 1.807) is 0 Å². The lowest BCUT2D eigenvalue weighted by Gasteiger charge is -2.47. The molecule has 2 saturated carbocycles. The molecule has 2 heteroatoms. The van der Waals surface area contributed by atoms with E-state index in [0.29, 0.717) is 17.9 Å². The predicted octanol–water partition coefficient (Wildman–Crippen LogP) is 3.66. The molecule has 2 fully saturated rings. The molecule has 0 saturated heterocycles. The lowest BCUT2D eigenvalue weighted by molar-refractivity contribution is -0.00251. The zero-order valence-corrected chi connectivity index (χ0v) is 13.4. The summed E-state index contributed by atoms with van der Waals surface area (Å²) in [6.45, 7) is 5.41. The van der Waals surface area contributed by atoms with Gasteiger partial charge in [0.15, 0.2) is 0 Å². The Kier molecular flexibility index (Phi) is 4.66. The van der Waals surface area contributed by atoms with Crippen LogP contribution in [0.25, 0.3) is 0 Å². The van der Waals surface area contributed by atoms with E-state index in [4.69, 9.17) is 0 Å². The molecule has 116 valence electrons. The number of nitrogens with one attached hydrogen (secondary N) is 1. The SMILES string of the molecule is CCC1CC2CC(O)CC(C1)C2NCc1ccc(C)cc1. The van der Waals surface area contributed by atoms with Crippen molar-refractivity contribution in [2.45, 2.75) is 64.6 Å². The van der Waals surface area contributed by atoms with Gasteiger partial charge >= 0.3 is 0 Å². The molecule has 0 spiro atoms. The molecule has 1 aromatic carbocycles. The number of fused-ring (bicyclic) bond motifs is 2. The highest BCUT2D eigenvalue weighted by atomic mass is 16.3. The van der Waals surface area contributed by atoms with Gasteiger partial charge in [0.2, 0.25) is 0 Å². The summed E-state index contributed by atoms with van der Waals surface area (Å²) in [6, 6.07) is 9.44. The summed E-state index contributed by atoms with van der Waals surface area (Å²) in [6.07, 6.45) is 5.84. The minimum absolute atomic E-state index is 0.0600. The standard InChI is InChI=1S/C19H29NO/c1-3-14-8-16-10-18(21)11-17(9-14)19(16)20-12-15-6-4-13(2)5-7-15/h4-7,14,16-21H,3,8-12H2,1-2H3. The summed E-state index contributed by atoms with van der Waals surface area (Å²) in [4.78, 5) is 0. The molecule has 0 radical (unpaired) electrons. The average molecular weight is 287 g/mol. The minimum Gasteiger partial charge on any atom is -0.393 e. The van der Waals surface area contributed by atoms with Crippen molar-refractivity contribution in [2.24, 2.45) is 17.8 Å². The van der Waals surface area contributed by atoms with Gasteiger partial charge in [0, 0.05) is 12.6 Å². The van der Waals surface area contributed by atoms with E-state index in [1.165, 1.54) is 30.4 Å². The van der Waals surface area contributed by atoms with Crippen LogP contribution in [0.5, 0.6) is 0 Å². The first-order chi connectivity index (χ1) is 10.2. The Morgan fingerprint density at radius 3 is 2.24 bits per heavy atom. The molecule has 0 heterocycles. The van der Waals surface area contributed by atoms with Crippen LogP contribution >= 0.6 is 0 Å². The van der Waals surface area contributed by atoms with Crippen molar-refractivity contribution in [1.82, 2.24) is 5.32 Å². The number of aliphatic hydroxyl groups is 1. The van der Waals surface area contributed by atoms with Crippen LogP contribution in [0.15, 0.2) is 24.3 Å². The second kappa shape index (κ2) is 6.50. The first kappa shape index (κ1) is 15.1. The molecule has 2 aliphatic rings. The second-order valence-corrected chi connectivity index (χ2v) is 7.28. The van der Waals surface area contributed by atoms with Gasteiger partial charge in [-0.05, 0) is 55.9 Å². The number of aliphatic hydroxyl groups excluding tert-OH is 1. The predicted molar refractivity (Wildman–Crippen MR) is 87.0 cm³/mol. The summed E-state index contributed by atoms with van der Waals surface area (Å²) in [5.41, 5.74) is 2.69. The molecule has 2 aliphatic carbocycles. The molecule has 0 aliphatic heterocycles. The topological polar surface area (TPSA) is 32.3 Å². The Bertz CT molecular complexity index is 439. The maximum absolute atomic E-state index is 10.1. The maximum atomic E-state index is 10.1. The molecule has 3 rings (SSSR count). The smallest absolute Gasteiger partial charge is 0.0546 e. The number of benzene rings is 1. The Morgan fingerprint density at radius 1 is 1.05 bits per heavy atom. The molecule has 2 unspecified atom stereocenters. The van der Waals surface area contributed by atoms with Crippen molar-refractivity contribution in [2.75, 3.05) is 0 Å². The lowest BCUT2D eigenvalue weighted by atomic mass is 9.63. The van der Waals surface area contributed by atoms with Crippen LogP contribution in [0, 0.1) is 24.7 Å². The molecule has 2 nitrogen and oxygen atoms in total. The van der Waals surface area contributed by atoms with Gasteiger partial charge in [-0.3, -0.25) is 0 Å². The van der Waals surface area contributed by atoms with Gasteiger partial charge in [0.25, 0.3) is 0 Å². The van der Waals surface area contributed by atoms with Crippen LogP contribution in [0.1, 0.15) is 50.2 Å². The van der Waals surface area contributed by atoms with E-state index >= 15 is 0 Å². The van der Waals surface area contributed by atoms with Crippen LogP contribution in [-0.2, 0) is 6.54 Å². The first-order valence-corrected chi connectivity index (χ1v) is 8.62. The van der Waals surface area contributed by atoms with E-state index < -0.39 is 0 Å². The fraction of sp³-hybridized carbons (Fsp3) is 0.684. The normalized spacial score (nSPS) is 35.7. The van der Waals surface area contributed by atoms with Gasteiger partial charge in [-0.25, -0.2) is 0 Å². The summed E-state index contributed by atoms with van der Waals surface area (Å²) in [5, 5.41) is 13.9. The molecule has 2 bridgehead atoms. The van der Waals surface area contributed by atoms with Gasteiger partial charge in [0.05, 0.1) is 6.10 Å². The van der Waals surface area contributed by atoms with E-state index in [2.05, 4.69) is 43.4 Å². The van der Waals surface area contributed by atoms with E-state index in [1.807, 2.05) is 0 Å². The zero-order chi connectivity index (χ0) is 14.8. The second-order valence-electron chi connectivity index (χ2n) is 7.28. The molecular formula is C19H29NO. The van der Waals surface area contributed by atoms with Crippen molar-refractivity contribution in [3.8, 4) is 0 Å². The van der Waals surface area contributed by atoms with E-state index in [9.17, 15) is 5.11 Å². The summed E-state index contributed by atoms with van der Waals surface area (Å²) in [5.74, 6) is 2.22. The highest BCUT2D eigenvalue weighted by molar-refractivity contribution is 5.21. The van der Waals surface area contributed by atoms with Gasteiger partial charge < -0.3 is 10.4 Å². The first-order valence-electron chi connectivity index (χ1n) is 8.62. The number of hydrogen-bond acceptors (Lipinski definition) is 2. The Labute approximate surface area is 129 Å². The fourth-order valence-corrected chi connectivity index (χ4v) is 4.52. The van der Waals surface area contributed by atoms with E-state index in [0.717, 1.165) is 25.3 Å². The molecular weight excluding hydrogens is 258 g/mol. The Hall–Kier alpha value is -0.860. The third kappa shape index (κ3) is 3.49. The van der Waals surface area contributed by atoms with Gasteiger partial charge in [-0.15, -0.1) is 0 Å². The highest BCUT2D eigenvalue weighted by Gasteiger charge is 2.42. The molecule has 21 heavy (non-hydrogen) atoms. The summed E-state index contributed by atoms with van der Waals surface area (Å²) in [7, 11) is 0. The molecule has 1 aromatic rings. The van der Waals surface area contributed by atoms with E-state index in [-0.39, 0.29) is 6.10 Å². The van der Waals surface area contributed by atoms with Gasteiger partial charge in [-0.2, -0.15) is 0 Å². The van der Waals surface area contributed by atoms with Crippen molar-refractivity contribution < 1.29 is 5.11 Å². The summed E-state index contributed by atoms with van der Waals surface area (Å²) < 4.78 is 0. The van der Waals surface area contributed by atoms with Crippen LogP contribution in [0.2, 0.25) is 0 Å². The van der Waals surface area contributed by atoms with Crippen molar-refractivity contribution in [3.05, 3.63) is 35.4 Å². The largest absolute Gasteiger partial charge is 0.393 e. The van der Waals surface area contributed by atoms with Crippen LogP contribution < -0.4 is 5.32 Å². The number of rotatable bonds is 4. The maximum Gasteiger partial charge on any atom is 0.0546 e. The van der Waals surface area contributed by atoms with Crippen molar-refractivity contribution in [1.29, 1.82) is 0 Å².